The molecule has 1 atom stereocenters. The Morgan fingerprint density at radius 1 is 1.20 bits per heavy atom. The van der Waals surface area contributed by atoms with Gasteiger partial charge in [-0.25, -0.2) is 4.39 Å². The van der Waals surface area contributed by atoms with Crippen LogP contribution in [-0.4, -0.2) is 29.7 Å². The number of ether oxygens (including phenoxy) is 2. The van der Waals surface area contributed by atoms with E-state index >= 15 is 0 Å². The normalized spacial score (nSPS) is 17.4. The van der Waals surface area contributed by atoms with Crippen molar-refractivity contribution in [3.05, 3.63) is 87.6 Å². The predicted molar refractivity (Wildman–Crippen MR) is 138 cm³/mol. The van der Waals surface area contributed by atoms with Gasteiger partial charge in [-0.2, -0.15) is 0 Å². The van der Waals surface area contributed by atoms with Gasteiger partial charge in [-0.1, -0.05) is 30.9 Å². The number of nitrogens with one attached hydrogen (secondary N) is 1. The second kappa shape index (κ2) is 11.1. The first-order valence-corrected chi connectivity index (χ1v) is 12.3. The Labute approximate surface area is 272 Å². The van der Waals surface area contributed by atoms with Gasteiger partial charge in [0, 0.05) is 18.2 Å². The van der Waals surface area contributed by atoms with Gasteiger partial charge in [0.15, 0.2) is 11.6 Å². The summed E-state index contributed by atoms with van der Waals surface area (Å²) >= 11 is 0. The first-order valence-electron chi connectivity index (χ1n) is 12.3. The van der Waals surface area contributed by atoms with E-state index in [9.17, 15) is 29.0 Å². The first kappa shape index (κ1) is 29.9. The summed E-state index contributed by atoms with van der Waals surface area (Å²) in [5.41, 5.74) is -0.761. The number of methoxy groups -OCH3 is 1. The number of aryl methyl sites for hydroxylation is 1. The minimum Gasteiger partial charge on any atom is -0.872 e. The predicted octanol–water partition coefficient (Wildman–Crippen LogP) is 1.08. The minimum absolute atomic E-state index is 0. The smallest absolute Gasteiger partial charge is 0.872 e. The third-order valence-electron chi connectivity index (χ3n) is 7.42. The van der Waals surface area contributed by atoms with Crippen LogP contribution in [0.2, 0.25) is 0 Å². The van der Waals surface area contributed by atoms with Gasteiger partial charge in [-0.05, 0) is 60.4 Å². The summed E-state index contributed by atoms with van der Waals surface area (Å²) in [5.74, 6) is -4.07. The Kier molecular flexibility index (Phi) is 8.31. The molecular weight excluding hydrogens is 544 g/mol. The molecule has 0 bridgehead atoms. The molecule has 0 fully saturated rings. The third kappa shape index (κ3) is 4.57. The molecule has 200 valence electrons. The zero-order chi connectivity index (χ0) is 28.2. The van der Waals surface area contributed by atoms with Crippen molar-refractivity contribution >= 4 is 28.2 Å². The summed E-state index contributed by atoms with van der Waals surface area (Å²) < 4.78 is 25.3. The summed E-state index contributed by atoms with van der Waals surface area (Å²) in [6.07, 6.45) is 1.76. The van der Waals surface area contributed by atoms with Crippen LogP contribution in [-0.2, 0) is 28.0 Å². The molecule has 1 amide bonds. The van der Waals surface area contributed by atoms with E-state index in [2.05, 4.69) is 5.32 Å². The number of benzene rings is 3. The number of hydrogen-bond donors (Lipinski definition) is 2. The van der Waals surface area contributed by atoms with Crippen LogP contribution in [0.25, 0.3) is 10.8 Å². The maximum atomic E-state index is 14.1. The van der Waals surface area contributed by atoms with Crippen molar-refractivity contribution in [2.45, 2.75) is 39.2 Å². The Morgan fingerprint density at radius 2 is 1.90 bits per heavy atom. The first-order chi connectivity index (χ1) is 18.5. The number of aliphatic hydroxyl groups is 1. The van der Waals surface area contributed by atoms with Crippen LogP contribution in [0.1, 0.15) is 47.8 Å². The zero-order valence-corrected chi connectivity index (χ0v) is 25.9. The number of ketones is 2. The number of fused-ring (bicyclic) bond motifs is 4. The molecule has 3 aromatic carbocycles. The van der Waals surface area contributed by atoms with Crippen LogP contribution >= 0.6 is 0 Å². The van der Waals surface area contributed by atoms with Crippen LogP contribution in [0.4, 0.5) is 4.39 Å². The van der Waals surface area contributed by atoms with E-state index in [4.69, 9.17) is 9.47 Å². The van der Waals surface area contributed by atoms with Crippen molar-refractivity contribution in [1.29, 1.82) is 0 Å². The molecule has 0 aromatic heterocycles. The van der Waals surface area contributed by atoms with Gasteiger partial charge in [-0.15, -0.1) is 0 Å². The Hall–Kier alpha value is -3.02. The SMILES string of the molecule is CCc1ccc2ccc(F)cc2c1CNC(=O)c1c(OC)cc([O-])c2c1OC1=CC(O)=C(C(C)=O)C(=O)[C@]12C.[K+]. The molecule has 40 heavy (non-hydrogen) atoms. The van der Waals surface area contributed by atoms with E-state index in [-0.39, 0.29) is 86.3 Å². The number of amides is 1. The Bertz CT molecular complexity index is 1680. The minimum atomic E-state index is -1.72. The number of Topliss-reactive ketones (excluding diaryl/α,β-unsaturated/α-hetero) is 2. The van der Waals surface area contributed by atoms with Crippen LogP contribution in [0, 0.1) is 5.82 Å². The number of rotatable bonds is 6. The van der Waals surface area contributed by atoms with Gasteiger partial charge >= 0.3 is 51.4 Å². The molecule has 1 heterocycles. The monoisotopic (exact) mass is 569 g/mol. The molecule has 2 aliphatic rings. The number of carbonyl (C=O) groups excluding carboxylic acids is 3. The topological polar surface area (TPSA) is 125 Å². The van der Waals surface area contributed by atoms with E-state index in [0.29, 0.717) is 11.8 Å². The van der Waals surface area contributed by atoms with Crippen molar-refractivity contribution in [3.8, 4) is 17.2 Å². The van der Waals surface area contributed by atoms with Gasteiger partial charge in [0.1, 0.15) is 45.4 Å². The van der Waals surface area contributed by atoms with E-state index in [0.717, 1.165) is 35.6 Å². The van der Waals surface area contributed by atoms with Gasteiger partial charge in [0.05, 0.1) is 7.11 Å². The fourth-order valence-corrected chi connectivity index (χ4v) is 5.40. The molecule has 0 spiro atoms. The molecule has 3 aromatic rings. The number of allylic oxidation sites excluding steroid dienone is 3. The van der Waals surface area contributed by atoms with Gasteiger partial charge in [0.25, 0.3) is 5.91 Å². The molecule has 0 saturated carbocycles. The van der Waals surface area contributed by atoms with Crippen LogP contribution < -0.4 is 71.3 Å². The van der Waals surface area contributed by atoms with Crippen molar-refractivity contribution < 1.29 is 89.8 Å². The quantitative estimate of drug-likeness (QED) is 0.336. The fraction of sp³-hybridized carbons (Fsp3) is 0.233. The summed E-state index contributed by atoms with van der Waals surface area (Å²) in [7, 11) is 1.29. The van der Waals surface area contributed by atoms with Crippen LogP contribution in [0.15, 0.2) is 59.6 Å². The molecule has 0 radical (unpaired) electrons. The third-order valence-corrected chi connectivity index (χ3v) is 7.42. The average molecular weight is 570 g/mol. The second-order valence-corrected chi connectivity index (χ2v) is 9.64. The summed E-state index contributed by atoms with van der Waals surface area (Å²) in [4.78, 5) is 39.2. The maximum absolute atomic E-state index is 14.1. The molecule has 1 aliphatic heterocycles. The standard InChI is InChI=1S/C30H26FNO7.K/c1-5-15-6-7-16-8-9-17(31)10-18(16)19(15)13-32-29(37)25-22(38-4)11-21(35)26-27(25)39-23-12-20(34)24(14(2)33)28(36)30(23,26)3;/h6-12,34-35H,5,13H2,1-4H3,(H,32,37);/q;+1/p-1/t30-;/m1./s1. The molecule has 10 heteroatoms. The van der Waals surface area contributed by atoms with Gasteiger partial charge in [0.2, 0.25) is 0 Å². The zero-order valence-electron chi connectivity index (χ0n) is 22.7. The number of carbonyl (C=O) groups is 3. The van der Waals surface area contributed by atoms with E-state index in [1.165, 1.54) is 26.2 Å². The molecule has 8 nitrogen and oxygen atoms in total. The molecule has 1 aliphatic carbocycles. The molecular formula is C30H25FKNO7. The largest absolute Gasteiger partial charge is 1.00 e. The fourth-order valence-electron chi connectivity index (χ4n) is 5.40. The molecule has 0 saturated heterocycles. The number of halogens is 1. The van der Waals surface area contributed by atoms with Crippen molar-refractivity contribution in [2.75, 3.05) is 7.11 Å². The Balaban J connectivity index is 0.00000370. The van der Waals surface area contributed by atoms with E-state index < -0.39 is 45.8 Å². The summed E-state index contributed by atoms with van der Waals surface area (Å²) in [5, 5.41) is 27.8. The maximum Gasteiger partial charge on any atom is 1.00 e. The van der Waals surface area contributed by atoms with Crippen molar-refractivity contribution in [2.24, 2.45) is 0 Å². The van der Waals surface area contributed by atoms with Gasteiger partial charge < -0.3 is 25.0 Å². The second-order valence-electron chi connectivity index (χ2n) is 9.64. The average Bonchev–Trinajstić information content (AvgIpc) is 3.20. The van der Waals surface area contributed by atoms with Crippen LogP contribution in [0.3, 0.4) is 0 Å². The molecule has 0 unspecified atom stereocenters. The van der Waals surface area contributed by atoms with Gasteiger partial charge in [-0.3, -0.25) is 14.4 Å². The molecule has 5 rings (SSSR count). The van der Waals surface area contributed by atoms with Crippen molar-refractivity contribution in [3.63, 3.8) is 0 Å². The van der Waals surface area contributed by atoms with E-state index in [1.54, 1.807) is 6.07 Å². The number of hydrogen-bond acceptors (Lipinski definition) is 7. The molecule has 2 N–H and O–H groups in total. The Morgan fingerprint density at radius 3 is 2.55 bits per heavy atom. The van der Waals surface area contributed by atoms with E-state index in [1.807, 2.05) is 19.1 Å². The summed E-state index contributed by atoms with van der Waals surface area (Å²) in [6.45, 7) is 4.54. The van der Waals surface area contributed by atoms with Crippen LogP contribution in [0.5, 0.6) is 17.2 Å². The summed E-state index contributed by atoms with van der Waals surface area (Å²) in [6, 6.07) is 9.35. The van der Waals surface area contributed by atoms with Crippen molar-refractivity contribution in [1.82, 2.24) is 5.32 Å². The number of aliphatic hydroxyl groups excluding tert-OH is 1.